The van der Waals surface area contributed by atoms with E-state index in [0.717, 1.165) is 0 Å². The van der Waals surface area contributed by atoms with Gasteiger partial charge in [0.2, 0.25) is 0 Å². The third-order valence-electron chi connectivity index (χ3n) is 3.01. The molecule has 1 aliphatic heterocycles. The Labute approximate surface area is 115 Å². The lowest BCUT2D eigenvalue weighted by atomic mass is 9.92. The number of rotatable bonds is 4. The summed E-state index contributed by atoms with van der Waals surface area (Å²) in [5, 5.41) is 18.4. The van der Waals surface area contributed by atoms with E-state index in [4.69, 9.17) is 9.84 Å². The molecule has 0 spiro atoms. The van der Waals surface area contributed by atoms with Crippen molar-refractivity contribution in [2.24, 2.45) is 0 Å². The number of fused-ring (bicyclic) bond motifs is 1. The SMILES string of the molecule is CC(=O)C[C@H]1CC(=O)c2c(CC(=O)O)cc(O)cc2O1. The molecule has 0 radical (unpaired) electrons. The smallest absolute Gasteiger partial charge is 0.307 e. The van der Waals surface area contributed by atoms with Crippen LogP contribution in [-0.4, -0.2) is 33.9 Å². The molecule has 6 heteroatoms. The number of aromatic hydroxyl groups is 1. The third kappa shape index (κ3) is 2.96. The monoisotopic (exact) mass is 278 g/mol. The van der Waals surface area contributed by atoms with Crippen LogP contribution in [0.1, 0.15) is 35.7 Å². The first-order chi connectivity index (χ1) is 9.36. The van der Waals surface area contributed by atoms with E-state index in [1.54, 1.807) is 0 Å². The van der Waals surface area contributed by atoms with Crippen LogP contribution >= 0.6 is 0 Å². The number of carbonyl (C=O) groups excluding carboxylic acids is 2. The van der Waals surface area contributed by atoms with Crippen molar-refractivity contribution in [3.05, 3.63) is 23.3 Å². The largest absolute Gasteiger partial charge is 0.508 e. The lowest BCUT2D eigenvalue weighted by molar-refractivity contribution is -0.136. The molecule has 0 bridgehead atoms. The average molecular weight is 278 g/mol. The summed E-state index contributed by atoms with van der Waals surface area (Å²) in [4.78, 5) is 34.0. The van der Waals surface area contributed by atoms with Crippen molar-refractivity contribution in [3.8, 4) is 11.5 Å². The summed E-state index contributed by atoms with van der Waals surface area (Å²) < 4.78 is 5.52. The quantitative estimate of drug-likeness (QED) is 0.861. The van der Waals surface area contributed by atoms with Crippen LogP contribution in [0.5, 0.6) is 11.5 Å². The number of carboxylic acid groups (broad SMARTS) is 1. The fourth-order valence-corrected chi connectivity index (χ4v) is 2.33. The fourth-order valence-electron chi connectivity index (χ4n) is 2.33. The summed E-state index contributed by atoms with van der Waals surface area (Å²) >= 11 is 0. The number of hydrogen-bond acceptors (Lipinski definition) is 5. The summed E-state index contributed by atoms with van der Waals surface area (Å²) in [5.74, 6) is -1.50. The van der Waals surface area contributed by atoms with Crippen LogP contribution in [0.2, 0.25) is 0 Å². The number of benzene rings is 1. The number of ketones is 2. The Balaban J connectivity index is 2.40. The van der Waals surface area contributed by atoms with Gasteiger partial charge in [0.15, 0.2) is 5.78 Å². The number of ether oxygens (including phenoxy) is 1. The highest BCUT2D eigenvalue weighted by Crippen LogP contribution is 2.35. The van der Waals surface area contributed by atoms with Crippen LogP contribution in [0.3, 0.4) is 0 Å². The minimum atomic E-state index is -1.10. The molecule has 1 aromatic rings. The van der Waals surface area contributed by atoms with Crippen molar-refractivity contribution in [1.29, 1.82) is 0 Å². The van der Waals surface area contributed by atoms with Gasteiger partial charge in [0.1, 0.15) is 23.4 Å². The van der Waals surface area contributed by atoms with Gasteiger partial charge in [-0.05, 0) is 18.6 Å². The molecule has 106 valence electrons. The molecule has 0 fully saturated rings. The lowest BCUT2D eigenvalue weighted by Crippen LogP contribution is -2.29. The van der Waals surface area contributed by atoms with Crippen molar-refractivity contribution >= 4 is 17.5 Å². The molecule has 6 nitrogen and oxygen atoms in total. The van der Waals surface area contributed by atoms with E-state index in [1.165, 1.54) is 19.1 Å². The molecule has 1 aliphatic rings. The highest BCUT2D eigenvalue weighted by atomic mass is 16.5. The Morgan fingerprint density at radius 1 is 1.40 bits per heavy atom. The maximum Gasteiger partial charge on any atom is 0.307 e. The summed E-state index contributed by atoms with van der Waals surface area (Å²) in [7, 11) is 0. The van der Waals surface area contributed by atoms with Gasteiger partial charge in [0.25, 0.3) is 0 Å². The van der Waals surface area contributed by atoms with Gasteiger partial charge in [-0.25, -0.2) is 0 Å². The molecule has 0 aliphatic carbocycles. The van der Waals surface area contributed by atoms with Gasteiger partial charge in [0.05, 0.1) is 12.0 Å². The van der Waals surface area contributed by atoms with Crippen molar-refractivity contribution in [2.75, 3.05) is 0 Å². The van der Waals surface area contributed by atoms with Crippen molar-refractivity contribution in [1.82, 2.24) is 0 Å². The number of Topliss-reactive ketones (excluding diaryl/α,β-unsaturated/α-hetero) is 2. The molecule has 0 amide bonds. The zero-order chi connectivity index (χ0) is 14.9. The minimum absolute atomic E-state index is 0.0317. The molecule has 0 unspecified atom stereocenters. The van der Waals surface area contributed by atoms with E-state index in [2.05, 4.69) is 0 Å². The van der Waals surface area contributed by atoms with Crippen molar-refractivity contribution < 1.29 is 29.3 Å². The van der Waals surface area contributed by atoms with Gasteiger partial charge in [-0.2, -0.15) is 0 Å². The standard InChI is InChI=1S/C14H14O6/c1-7(15)2-10-6-11(17)14-8(4-13(18)19)3-9(16)5-12(14)20-10/h3,5,10,16H,2,4,6H2,1H3,(H,18,19)/t10-/m0/s1. The molecule has 2 rings (SSSR count). The van der Waals surface area contributed by atoms with Crippen LogP contribution < -0.4 is 4.74 Å². The number of aliphatic carboxylic acids is 1. The van der Waals surface area contributed by atoms with Gasteiger partial charge in [0, 0.05) is 18.9 Å². The number of hydrogen-bond donors (Lipinski definition) is 2. The molecule has 0 aromatic heterocycles. The Hall–Kier alpha value is -2.37. The summed E-state index contributed by atoms with van der Waals surface area (Å²) in [6.07, 6.45) is -0.797. The topological polar surface area (TPSA) is 101 Å². The molecule has 20 heavy (non-hydrogen) atoms. The first-order valence-electron chi connectivity index (χ1n) is 6.13. The van der Waals surface area contributed by atoms with E-state index in [0.29, 0.717) is 0 Å². The van der Waals surface area contributed by atoms with Crippen LogP contribution in [0.25, 0.3) is 0 Å². The predicted molar refractivity (Wildman–Crippen MR) is 68.1 cm³/mol. The van der Waals surface area contributed by atoms with Crippen LogP contribution in [-0.2, 0) is 16.0 Å². The van der Waals surface area contributed by atoms with E-state index in [9.17, 15) is 19.5 Å². The number of carboxylic acids is 1. The van der Waals surface area contributed by atoms with Crippen LogP contribution in [0, 0.1) is 0 Å². The Kier molecular flexibility index (Phi) is 3.74. The average Bonchev–Trinajstić information content (AvgIpc) is 2.24. The normalized spacial score (nSPS) is 17.2. The summed E-state index contributed by atoms with van der Waals surface area (Å²) in [5.41, 5.74) is 0.406. The second-order valence-corrected chi connectivity index (χ2v) is 4.82. The molecule has 1 heterocycles. The van der Waals surface area contributed by atoms with Gasteiger partial charge < -0.3 is 14.9 Å². The maximum atomic E-state index is 12.1. The molecular formula is C14H14O6. The van der Waals surface area contributed by atoms with E-state index in [-0.39, 0.29) is 53.5 Å². The first kappa shape index (κ1) is 14.0. The summed E-state index contributed by atoms with van der Waals surface area (Å²) in [6, 6.07) is 2.52. The third-order valence-corrected chi connectivity index (χ3v) is 3.01. The zero-order valence-corrected chi connectivity index (χ0v) is 10.9. The first-order valence-corrected chi connectivity index (χ1v) is 6.13. The second-order valence-electron chi connectivity index (χ2n) is 4.82. The van der Waals surface area contributed by atoms with Crippen LogP contribution in [0.15, 0.2) is 12.1 Å². The maximum absolute atomic E-state index is 12.1. The number of carbonyl (C=O) groups is 3. The molecule has 1 atom stereocenters. The highest BCUT2D eigenvalue weighted by molar-refractivity contribution is 6.02. The van der Waals surface area contributed by atoms with Gasteiger partial charge in [-0.15, -0.1) is 0 Å². The number of phenolic OH excluding ortho intramolecular Hbond substituents is 1. The Morgan fingerprint density at radius 2 is 2.10 bits per heavy atom. The minimum Gasteiger partial charge on any atom is -0.508 e. The lowest BCUT2D eigenvalue weighted by Gasteiger charge is -2.26. The Morgan fingerprint density at radius 3 is 2.70 bits per heavy atom. The molecule has 0 saturated heterocycles. The second kappa shape index (κ2) is 5.32. The summed E-state index contributed by atoms with van der Waals surface area (Å²) in [6.45, 7) is 1.40. The number of phenols is 1. The predicted octanol–water partition coefficient (Wildman–Crippen LogP) is 1.33. The van der Waals surface area contributed by atoms with Crippen molar-refractivity contribution in [3.63, 3.8) is 0 Å². The zero-order valence-electron chi connectivity index (χ0n) is 10.9. The Bertz CT molecular complexity index is 590. The van der Waals surface area contributed by atoms with E-state index < -0.39 is 12.1 Å². The van der Waals surface area contributed by atoms with Crippen LogP contribution in [0.4, 0.5) is 0 Å². The van der Waals surface area contributed by atoms with Gasteiger partial charge >= 0.3 is 5.97 Å². The molecular weight excluding hydrogens is 264 g/mol. The molecule has 0 saturated carbocycles. The van der Waals surface area contributed by atoms with E-state index in [1.807, 2.05) is 0 Å². The fraction of sp³-hybridized carbons (Fsp3) is 0.357. The molecule has 2 N–H and O–H groups in total. The van der Waals surface area contributed by atoms with Gasteiger partial charge in [-0.1, -0.05) is 0 Å². The van der Waals surface area contributed by atoms with E-state index >= 15 is 0 Å². The highest BCUT2D eigenvalue weighted by Gasteiger charge is 2.30. The molecule has 1 aromatic carbocycles. The van der Waals surface area contributed by atoms with Gasteiger partial charge in [-0.3, -0.25) is 14.4 Å². The van der Waals surface area contributed by atoms with Crippen molar-refractivity contribution in [2.45, 2.75) is 32.3 Å².